The zero-order chi connectivity index (χ0) is 8.65. The maximum absolute atomic E-state index is 11.4. The van der Waals surface area contributed by atoms with E-state index in [4.69, 9.17) is 12.2 Å². The molecule has 1 amide bonds. The molecule has 0 aromatic rings. The second-order valence-corrected chi connectivity index (χ2v) is 3.49. The van der Waals surface area contributed by atoms with Crippen LogP contribution in [0.1, 0.15) is 20.8 Å². The monoisotopic (exact) mass is 172 g/mol. The van der Waals surface area contributed by atoms with E-state index in [-0.39, 0.29) is 5.91 Å². The fourth-order valence-corrected chi connectivity index (χ4v) is 1.57. The van der Waals surface area contributed by atoms with Crippen LogP contribution in [0.5, 0.6) is 0 Å². The first-order valence-electron chi connectivity index (χ1n) is 3.63. The summed E-state index contributed by atoms with van der Waals surface area (Å²) in [4.78, 5) is 13.0. The smallest absolute Gasteiger partial charge is 0.253 e. The standard InChI is InChI=1S/C7H12N2OS/c1-4-9-5(10)7(2,3)8-6(9)11/h4H2,1-3H3,(H,8,11). The highest BCUT2D eigenvalue weighted by atomic mass is 32.1. The lowest BCUT2D eigenvalue weighted by Gasteiger charge is -2.14. The van der Waals surface area contributed by atoms with Crippen molar-refractivity contribution in [2.75, 3.05) is 6.54 Å². The van der Waals surface area contributed by atoms with Crippen molar-refractivity contribution in [1.82, 2.24) is 10.2 Å². The number of nitrogens with zero attached hydrogens (tertiary/aromatic N) is 1. The maximum atomic E-state index is 11.4. The highest BCUT2D eigenvalue weighted by Gasteiger charge is 2.40. The molecule has 1 rings (SSSR count). The fraction of sp³-hybridized carbons (Fsp3) is 0.714. The van der Waals surface area contributed by atoms with Gasteiger partial charge in [0.15, 0.2) is 5.11 Å². The molecule has 1 aliphatic heterocycles. The molecule has 0 saturated carbocycles. The number of carbonyl (C=O) groups is 1. The summed E-state index contributed by atoms with van der Waals surface area (Å²) in [6.07, 6.45) is 0. The molecule has 62 valence electrons. The summed E-state index contributed by atoms with van der Waals surface area (Å²) in [6.45, 7) is 6.22. The van der Waals surface area contributed by atoms with Crippen LogP contribution in [0, 0.1) is 0 Å². The van der Waals surface area contributed by atoms with Gasteiger partial charge in [-0.3, -0.25) is 9.69 Å². The second kappa shape index (κ2) is 2.44. The van der Waals surface area contributed by atoms with Gasteiger partial charge in [-0.15, -0.1) is 0 Å². The Kier molecular flexibility index (Phi) is 1.88. The second-order valence-electron chi connectivity index (χ2n) is 3.10. The zero-order valence-electron chi connectivity index (χ0n) is 6.97. The molecule has 0 aliphatic carbocycles. The van der Waals surface area contributed by atoms with E-state index < -0.39 is 5.54 Å². The summed E-state index contributed by atoms with van der Waals surface area (Å²) in [7, 11) is 0. The van der Waals surface area contributed by atoms with Gasteiger partial charge in [-0.2, -0.15) is 0 Å². The van der Waals surface area contributed by atoms with Crippen LogP contribution in [0.15, 0.2) is 0 Å². The minimum Gasteiger partial charge on any atom is -0.348 e. The topological polar surface area (TPSA) is 32.3 Å². The molecule has 0 atom stereocenters. The highest BCUT2D eigenvalue weighted by Crippen LogP contribution is 2.15. The Balaban J connectivity index is 2.88. The first-order chi connectivity index (χ1) is 4.99. The number of rotatable bonds is 1. The van der Waals surface area contributed by atoms with E-state index in [1.165, 1.54) is 0 Å². The van der Waals surface area contributed by atoms with Crippen LogP contribution in [-0.2, 0) is 4.79 Å². The first kappa shape index (κ1) is 8.46. The van der Waals surface area contributed by atoms with Gasteiger partial charge in [0, 0.05) is 6.54 Å². The van der Waals surface area contributed by atoms with E-state index in [0.717, 1.165) is 0 Å². The number of likely N-dealkylation sites (N-methyl/N-ethyl adjacent to an activating group) is 1. The molecule has 0 aromatic carbocycles. The van der Waals surface area contributed by atoms with E-state index in [1.807, 2.05) is 20.8 Å². The largest absolute Gasteiger partial charge is 0.348 e. The lowest BCUT2D eigenvalue weighted by Crippen LogP contribution is -2.40. The third kappa shape index (κ3) is 1.22. The third-order valence-corrected chi connectivity index (χ3v) is 2.08. The fourth-order valence-electron chi connectivity index (χ4n) is 1.11. The van der Waals surface area contributed by atoms with E-state index in [1.54, 1.807) is 4.90 Å². The van der Waals surface area contributed by atoms with Crippen LogP contribution in [0.3, 0.4) is 0 Å². The van der Waals surface area contributed by atoms with Crippen molar-refractivity contribution < 1.29 is 4.79 Å². The predicted molar refractivity (Wildman–Crippen MR) is 47.2 cm³/mol. The Morgan fingerprint density at radius 2 is 2.18 bits per heavy atom. The summed E-state index contributed by atoms with van der Waals surface area (Å²) < 4.78 is 0. The van der Waals surface area contributed by atoms with Crippen LogP contribution in [0.2, 0.25) is 0 Å². The van der Waals surface area contributed by atoms with Crippen molar-refractivity contribution in [3.63, 3.8) is 0 Å². The lowest BCUT2D eigenvalue weighted by atomic mass is 10.1. The lowest BCUT2D eigenvalue weighted by molar-refractivity contribution is -0.129. The number of hydrogen-bond acceptors (Lipinski definition) is 2. The van der Waals surface area contributed by atoms with Gasteiger partial charge in [0.05, 0.1) is 0 Å². The molecule has 1 N–H and O–H groups in total. The van der Waals surface area contributed by atoms with E-state index in [9.17, 15) is 4.79 Å². The molecule has 1 aliphatic rings. The van der Waals surface area contributed by atoms with Crippen molar-refractivity contribution in [1.29, 1.82) is 0 Å². The Bertz CT molecular complexity index is 212. The minimum absolute atomic E-state index is 0.0602. The molecule has 0 unspecified atom stereocenters. The Morgan fingerprint density at radius 1 is 1.64 bits per heavy atom. The molecule has 1 heterocycles. The van der Waals surface area contributed by atoms with Crippen LogP contribution in [-0.4, -0.2) is 28.0 Å². The van der Waals surface area contributed by atoms with Crippen LogP contribution < -0.4 is 5.32 Å². The number of hydrogen-bond donors (Lipinski definition) is 1. The van der Waals surface area contributed by atoms with Gasteiger partial charge < -0.3 is 5.32 Å². The van der Waals surface area contributed by atoms with Gasteiger partial charge in [0.2, 0.25) is 0 Å². The van der Waals surface area contributed by atoms with Crippen LogP contribution in [0.4, 0.5) is 0 Å². The Labute approximate surface area is 71.8 Å². The molecule has 1 saturated heterocycles. The van der Waals surface area contributed by atoms with Gasteiger partial charge in [0.1, 0.15) is 5.54 Å². The molecule has 3 nitrogen and oxygen atoms in total. The van der Waals surface area contributed by atoms with Crippen molar-refractivity contribution in [2.45, 2.75) is 26.3 Å². The zero-order valence-corrected chi connectivity index (χ0v) is 7.79. The van der Waals surface area contributed by atoms with Gasteiger partial charge in [-0.1, -0.05) is 0 Å². The molecule has 1 fully saturated rings. The average Bonchev–Trinajstić information content (AvgIpc) is 2.04. The first-order valence-corrected chi connectivity index (χ1v) is 4.04. The van der Waals surface area contributed by atoms with Crippen molar-refractivity contribution >= 4 is 23.2 Å². The molecule has 0 aromatic heterocycles. The van der Waals surface area contributed by atoms with E-state index in [0.29, 0.717) is 11.7 Å². The van der Waals surface area contributed by atoms with Crippen molar-refractivity contribution in [3.8, 4) is 0 Å². The number of carbonyl (C=O) groups excluding carboxylic acids is 1. The molecule has 0 bridgehead atoms. The quantitative estimate of drug-likeness (QED) is 0.585. The van der Waals surface area contributed by atoms with Crippen molar-refractivity contribution in [2.24, 2.45) is 0 Å². The predicted octanol–water partition coefficient (Wildman–Crippen LogP) is 0.502. The highest BCUT2D eigenvalue weighted by molar-refractivity contribution is 7.80. The molecule has 0 spiro atoms. The Morgan fingerprint density at radius 3 is 2.36 bits per heavy atom. The van der Waals surface area contributed by atoms with Crippen molar-refractivity contribution in [3.05, 3.63) is 0 Å². The Hall–Kier alpha value is -0.640. The van der Waals surface area contributed by atoms with E-state index in [2.05, 4.69) is 5.32 Å². The molecular weight excluding hydrogens is 160 g/mol. The maximum Gasteiger partial charge on any atom is 0.253 e. The summed E-state index contributed by atoms with van der Waals surface area (Å²) in [6, 6.07) is 0. The van der Waals surface area contributed by atoms with Crippen LogP contribution >= 0.6 is 12.2 Å². The average molecular weight is 172 g/mol. The number of thiocarbonyl (C=S) groups is 1. The van der Waals surface area contributed by atoms with Gasteiger partial charge >= 0.3 is 0 Å². The third-order valence-electron chi connectivity index (χ3n) is 1.76. The molecular formula is C7H12N2OS. The minimum atomic E-state index is -0.507. The molecule has 0 radical (unpaired) electrons. The SMILES string of the molecule is CCN1C(=O)C(C)(C)NC1=S. The van der Waals surface area contributed by atoms with Gasteiger partial charge in [0.25, 0.3) is 5.91 Å². The normalized spacial score (nSPS) is 22.3. The molecule has 4 heteroatoms. The van der Waals surface area contributed by atoms with Gasteiger partial charge in [-0.05, 0) is 33.0 Å². The summed E-state index contributed by atoms with van der Waals surface area (Å²) in [5.41, 5.74) is -0.507. The number of nitrogens with one attached hydrogen (secondary N) is 1. The summed E-state index contributed by atoms with van der Waals surface area (Å²) in [5.74, 6) is 0.0602. The van der Waals surface area contributed by atoms with Gasteiger partial charge in [-0.25, -0.2) is 0 Å². The number of amides is 1. The summed E-state index contributed by atoms with van der Waals surface area (Å²) in [5, 5.41) is 3.50. The van der Waals surface area contributed by atoms with E-state index >= 15 is 0 Å². The molecule has 11 heavy (non-hydrogen) atoms. The van der Waals surface area contributed by atoms with Crippen LogP contribution in [0.25, 0.3) is 0 Å². The summed E-state index contributed by atoms with van der Waals surface area (Å²) >= 11 is 4.96.